The first-order valence-corrected chi connectivity index (χ1v) is 7.38. The number of hydrogen-bond acceptors (Lipinski definition) is 3. The summed E-state index contributed by atoms with van der Waals surface area (Å²) in [5.74, 6) is -0.255. The number of amides is 1. The van der Waals surface area contributed by atoms with E-state index in [2.05, 4.69) is 10.4 Å². The van der Waals surface area contributed by atoms with Crippen LogP contribution in [0.15, 0.2) is 66.9 Å². The predicted octanol–water partition coefficient (Wildman–Crippen LogP) is 2.66. The van der Waals surface area contributed by atoms with Gasteiger partial charge in [-0.2, -0.15) is 5.10 Å². The molecule has 5 heteroatoms. The van der Waals surface area contributed by atoms with E-state index in [1.165, 1.54) is 0 Å². The third-order valence-corrected chi connectivity index (χ3v) is 3.45. The molecular weight excluding hydrogens is 290 g/mol. The molecule has 116 valence electrons. The van der Waals surface area contributed by atoms with E-state index >= 15 is 0 Å². The first-order valence-electron chi connectivity index (χ1n) is 7.38. The standard InChI is InChI=1S/C18H17N3O2/c22-13-11-14-6-8-15(9-7-14)19-18(23)17-10-12-21(20-17)16-4-2-1-3-5-16/h1-10,12,22H,11,13H2,(H,19,23). The Bertz CT molecular complexity index is 780. The Morgan fingerprint density at radius 3 is 2.48 bits per heavy atom. The maximum Gasteiger partial charge on any atom is 0.276 e. The molecule has 23 heavy (non-hydrogen) atoms. The van der Waals surface area contributed by atoms with Crippen molar-refractivity contribution in [3.8, 4) is 5.69 Å². The molecule has 0 fully saturated rings. The first kappa shape index (κ1) is 15.0. The van der Waals surface area contributed by atoms with E-state index in [4.69, 9.17) is 5.11 Å². The van der Waals surface area contributed by atoms with Crippen LogP contribution in [-0.2, 0) is 6.42 Å². The number of aliphatic hydroxyl groups excluding tert-OH is 1. The molecule has 0 radical (unpaired) electrons. The second-order valence-electron chi connectivity index (χ2n) is 5.11. The number of hydrogen-bond donors (Lipinski definition) is 2. The second-order valence-corrected chi connectivity index (χ2v) is 5.11. The van der Waals surface area contributed by atoms with E-state index < -0.39 is 0 Å². The highest BCUT2D eigenvalue weighted by molar-refractivity contribution is 6.02. The van der Waals surface area contributed by atoms with Crippen LogP contribution >= 0.6 is 0 Å². The third kappa shape index (κ3) is 3.64. The van der Waals surface area contributed by atoms with E-state index in [1.807, 2.05) is 54.6 Å². The highest BCUT2D eigenvalue weighted by Gasteiger charge is 2.10. The minimum atomic E-state index is -0.255. The van der Waals surface area contributed by atoms with Crippen LogP contribution in [0.1, 0.15) is 16.1 Å². The number of nitrogens with one attached hydrogen (secondary N) is 1. The zero-order valence-corrected chi connectivity index (χ0v) is 12.5. The van der Waals surface area contributed by atoms with Gasteiger partial charge in [0.1, 0.15) is 0 Å². The smallest absolute Gasteiger partial charge is 0.276 e. The van der Waals surface area contributed by atoms with E-state index in [1.54, 1.807) is 16.9 Å². The van der Waals surface area contributed by atoms with Gasteiger partial charge in [0.2, 0.25) is 0 Å². The van der Waals surface area contributed by atoms with Crippen LogP contribution in [0.4, 0.5) is 5.69 Å². The number of nitrogens with zero attached hydrogens (tertiary/aromatic N) is 2. The highest BCUT2D eigenvalue weighted by atomic mass is 16.3. The minimum absolute atomic E-state index is 0.114. The van der Waals surface area contributed by atoms with Gasteiger partial charge >= 0.3 is 0 Å². The summed E-state index contributed by atoms with van der Waals surface area (Å²) in [6.45, 7) is 0.114. The molecule has 1 amide bonds. The van der Waals surface area contributed by atoms with Gasteiger partial charge in [0, 0.05) is 18.5 Å². The van der Waals surface area contributed by atoms with E-state index in [0.29, 0.717) is 17.8 Å². The molecule has 0 saturated carbocycles. The molecule has 0 aliphatic rings. The van der Waals surface area contributed by atoms with Gasteiger partial charge in [-0.25, -0.2) is 4.68 Å². The second kappa shape index (κ2) is 6.89. The van der Waals surface area contributed by atoms with E-state index in [0.717, 1.165) is 11.3 Å². The minimum Gasteiger partial charge on any atom is -0.396 e. The molecule has 0 unspecified atom stereocenters. The van der Waals surface area contributed by atoms with Crippen molar-refractivity contribution >= 4 is 11.6 Å². The molecule has 3 rings (SSSR count). The van der Waals surface area contributed by atoms with Crippen molar-refractivity contribution in [1.29, 1.82) is 0 Å². The number of benzene rings is 2. The van der Waals surface area contributed by atoms with Gasteiger partial charge in [0.05, 0.1) is 5.69 Å². The summed E-state index contributed by atoms with van der Waals surface area (Å²) in [5, 5.41) is 16.0. The summed E-state index contributed by atoms with van der Waals surface area (Å²) in [7, 11) is 0. The van der Waals surface area contributed by atoms with Gasteiger partial charge in [-0.3, -0.25) is 4.79 Å². The summed E-state index contributed by atoms with van der Waals surface area (Å²) < 4.78 is 1.67. The van der Waals surface area contributed by atoms with Crippen molar-refractivity contribution < 1.29 is 9.90 Å². The molecule has 5 nitrogen and oxygen atoms in total. The van der Waals surface area contributed by atoms with Crippen molar-refractivity contribution in [3.05, 3.63) is 78.1 Å². The van der Waals surface area contributed by atoms with Gasteiger partial charge in [0.15, 0.2) is 5.69 Å². The van der Waals surface area contributed by atoms with Gasteiger partial charge in [-0.05, 0) is 42.3 Å². The Labute approximate surface area is 134 Å². The zero-order valence-electron chi connectivity index (χ0n) is 12.5. The number of carbonyl (C=O) groups excluding carboxylic acids is 1. The van der Waals surface area contributed by atoms with Crippen LogP contribution in [0.2, 0.25) is 0 Å². The quantitative estimate of drug-likeness (QED) is 0.761. The van der Waals surface area contributed by atoms with Crippen molar-refractivity contribution in [2.75, 3.05) is 11.9 Å². The summed E-state index contributed by atoms with van der Waals surface area (Å²) in [4.78, 5) is 12.2. The Morgan fingerprint density at radius 2 is 1.78 bits per heavy atom. The highest BCUT2D eigenvalue weighted by Crippen LogP contribution is 2.12. The number of carbonyl (C=O) groups is 1. The Morgan fingerprint density at radius 1 is 1.04 bits per heavy atom. The molecule has 1 aromatic heterocycles. The molecule has 3 aromatic rings. The maximum absolute atomic E-state index is 12.2. The predicted molar refractivity (Wildman–Crippen MR) is 88.7 cm³/mol. The fourth-order valence-corrected chi connectivity index (χ4v) is 2.25. The fourth-order valence-electron chi connectivity index (χ4n) is 2.25. The first-order chi connectivity index (χ1) is 11.3. The monoisotopic (exact) mass is 307 g/mol. The molecular formula is C18H17N3O2. The van der Waals surface area contributed by atoms with Gasteiger partial charge in [-0.1, -0.05) is 30.3 Å². The summed E-state index contributed by atoms with van der Waals surface area (Å²) in [6, 6.07) is 18.7. The Kier molecular flexibility index (Phi) is 4.49. The van der Waals surface area contributed by atoms with E-state index in [-0.39, 0.29) is 12.5 Å². The van der Waals surface area contributed by atoms with Gasteiger partial charge < -0.3 is 10.4 Å². The molecule has 0 spiro atoms. The van der Waals surface area contributed by atoms with E-state index in [9.17, 15) is 4.79 Å². The maximum atomic E-state index is 12.2. The fraction of sp³-hybridized carbons (Fsp3) is 0.111. The van der Waals surface area contributed by atoms with Crippen LogP contribution in [0, 0.1) is 0 Å². The number of aromatic nitrogens is 2. The number of aliphatic hydroxyl groups is 1. The lowest BCUT2D eigenvalue weighted by Gasteiger charge is -2.05. The molecule has 0 saturated heterocycles. The average molecular weight is 307 g/mol. The molecule has 0 bridgehead atoms. The summed E-state index contributed by atoms with van der Waals surface area (Å²) in [5.41, 5.74) is 2.98. The molecule has 0 aliphatic carbocycles. The van der Waals surface area contributed by atoms with Crippen molar-refractivity contribution in [2.45, 2.75) is 6.42 Å². The lowest BCUT2D eigenvalue weighted by atomic mass is 10.1. The van der Waals surface area contributed by atoms with Gasteiger partial charge in [-0.15, -0.1) is 0 Å². The lowest BCUT2D eigenvalue weighted by Crippen LogP contribution is -2.13. The summed E-state index contributed by atoms with van der Waals surface area (Å²) >= 11 is 0. The van der Waals surface area contributed by atoms with Gasteiger partial charge in [0.25, 0.3) is 5.91 Å². The van der Waals surface area contributed by atoms with Crippen LogP contribution in [0.25, 0.3) is 5.69 Å². The largest absolute Gasteiger partial charge is 0.396 e. The van der Waals surface area contributed by atoms with Crippen molar-refractivity contribution in [3.63, 3.8) is 0 Å². The van der Waals surface area contributed by atoms with Crippen molar-refractivity contribution in [2.24, 2.45) is 0 Å². The van der Waals surface area contributed by atoms with Crippen LogP contribution < -0.4 is 5.32 Å². The molecule has 0 aliphatic heterocycles. The SMILES string of the molecule is O=C(Nc1ccc(CCO)cc1)c1ccn(-c2ccccc2)n1. The Hall–Kier alpha value is -2.92. The number of para-hydroxylation sites is 1. The topological polar surface area (TPSA) is 67.2 Å². The van der Waals surface area contributed by atoms with Crippen LogP contribution in [-0.4, -0.2) is 27.4 Å². The lowest BCUT2D eigenvalue weighted by molar-refractivity contribution is 0.102. The zero-order chi connectivity index (χ0) is 16.1. The summed E-state index contributed by atoms with van der Waals surface area (Å²) in [6.07, 6.45) is 2.37. The third-order valence-electron chi connectivity index (χ3n) is 3.45. The van der Waals surface area contributed by atoms with Crippen LogP contribution in [0.3, 0.4) is 0 Å². The normalized spacial score (nSPS) is 10.5. The average Bonchev–Trinajstić information content (AvgIpc) is 3.08. The molecule has 1 heterocycles. The Balaban J connectivity index is 1.70. The number of rotatable bonds is 5. The number of anilines is 1. The van der Waals surface area contributed by atoms with Crippen molar-refractivity contribution in [1.82, 2.24) is 9.78 Å². The molecule has 2 N–H and O–H groups in total. The molecule has 0 atom stereocenters. The van der Waals surface area contributed by atoms with Crippen LogP contribution in [0.5, 0.6) is 0 Å². The molecule has 2 aromatic carbocycles.